The van der Waals surface area contributed by atoms with Crippen LogP contribution in [-0.4, -0.2) is 49.5 Å². The molecule has 9 nitrogen and oxygen atoms in total. The molecule has 0 saturated heterocycles. The minimum Gasteiger partial charge on any atom is -0.511 e. The molecule has 3 unspecified atom stereocenters. The molecule has 0 bridgehead atoms. The van der Waals surface area contributed by atoms with E-state index in [4.69, 9.17) is 5.73 Å². The summed E-state index contributed by atoms with van der Waals surface area (Å²) in [6, 6.07) is 0.823. The maximum atomic E-state index is 14.9. The van der Waals surface area contributed by atoms with Crippen molar-refractivity contribution >= 4 is 17.5 Å². The molecular formula is C33H41F3N2O7. The minimum atomic E-state index is -4.90. The van der Waals surface area contributed by atoms with Gasteiger partial charge in [0.1, 0.15) is 22.8 Å². The number of Topliss-reactive ketones (excluding diaryl/α,β-unsaturated/α-hetero) is 2. The van der Waals surface area contributed by atoms with Crippen molar-refractivity contribution in [2.45, 2.75) is 97.5 Å². The number of aromatic hydroxyl groups is 1. The maximum Gasteiger partial charge on any atom is 0.417 e. The van der Waals surface area contributed by atoms with Crippen LogP contribution < -0.4 is 11.1 Å². The average molecular weight is 635 g/mol. The lowest BCUT2D eigenvalue weighted by Gasteiger charge is -2.46. The molecule has 1 amide bonds. The van der Waals surface area contributed by atoms with Gasteiger partial charge in [-0.15, -0.1) is 0 Å². The Morgan fingerprint density at radius 3 is 2.33 bits per heavy atom. The fourth-order valence-corrected chi connectivity index (χ4v) is 8.73. The van der Waals surface area contributed by atoms with Gasteiger partial charge in [-0.2, -0.15) is 13.2 Å². The SMILES string of the molecule is CCCC1(C)[C@@H](NCc2cc(O)c3c(c2C(F)(F)F)CC2C[C@H]4CC(O)=C(C(N)=O)C(=O)[C@@]4(O)C(O)=C2C3=O)CC(C)C1(C)C. The molecule has 0 spiro atoms. The number of carbonyl (C=O) groups is 3. The molecule has 1 aromatic carbocycles. The number of hydrogen-bond acceptors (Lipinski definition) is 8. The van der Waals surface area contributed by atoms with E-state index in [0.717, 1.165) is 25.3 Å². The highest BCUT2D eigenvalue weighted by Crippen LogP contribution is 2.58. The third kappa shape index (κ3) is 4.61. The Labute approximate surface area is 259 Å². The third-order valence-corrected chi connectivity index (χ3v) is 11.8. The van der Waals surface area contributed by atoms with E-state index in [1.54, 1.807) is 0 Å². The van der Waals surface area contributed by atoms with Crippen LogP contribution in [0.25, 0.3) is 0 Å². The van der Waals surface area contributed by atoms with Crippen LogP contribution in [0.4, 0.5) is 13.2 Å². The van der Waals surface area contributed by atoms with Crippen LogP contribution >= 0.6 is 0 Å². The Morgan fingerprint density at radius 2 is 1.76 bits per heavy atom. The monoisotopic (exact) mass is 634 g/mol. The number of fused-ring (bicyclic) bond motifs is 3. The topological polar surface area (TPSA) is 170 Å². The summed E-state index contributed by atoms with van der Waals surface area (Å²) < 4.78 is 44.6. The molecule has 0 heterocycles. The predicted octanol–water partition coefficient (Wildman–Crippen LogP) is 4.93. The molecule has 5 rings (SSSR count). The largest absolute Gasteiger partial charge is 0.511 e. The number of nitrogens with one attached hydrogen (secondary N) is 1. The lowest BCUT2D eigenvalue weighted by molar-refractivity contribution is -0.144. The molecule has 1 saturated carbocycles. The van der Waals surface area contributed by atoms with Crippen LogP contribution in [0.5, 0.6) is 5.75 Å². The van der Waals surface area contributed by atoms with Gasteiger partial charge in [0.05, 0.1) is 11.1 Å². The first-order valence-electron chi connectivity index (χ1n) is 15.4. The molecule has 6 atom stereocenters. The Balaban J connectivity index is 1.58. The van der Waals surface area contributed by atoms with Gasteiger partial charge in [0.2, 0.25) is 5.78 Å². The van der Waals surface area contributed by atoms with Crippen molar-refractivity contribution in [3.8, 4) is 5.75 Å². The summed E-state index contributed by atoms with van der Waals surface area (Å²) in [4.78, 5) is 38.7. The number of amides is 1. The van der Waals surface area contributed by atoms with Crippen LogP contribution in [0, 0.1) is 28.6 Å². The number of benzene rings is 1. The van der Waals surface area contributed by atoms with E-state index in [0.29, 0.717) is 5.92 Å². The minimum absolute atomic E-state index is 0.0755. The van der Waals surface area contributed by atoms with Crippen molar-refractivity contribution in [3.05, 3.63) is 51.0 Å². The lowest BCUT2D eigenvalue weighted by atomic mass is 9.60. The number of aliphatic hydroxyl groups excluding tert-OH is 2. The summed E-state index contributed by atoms with van der Waals surface area (Å²) >= 11 is 0. The quantitative estimate of drug-likeness (QED) is 0.239. The van der Waals surface area contributed by atoms with E-state index in [9.17, 15) is 48.0 Å². The molecule has 246 valence electrons. The number of halogens is 3. The van der Waals surface area contributed by atoms with E-state index in [2.05, 4.69) is 39.9 Å². The Kier molecular flexibility index (Phi) is 7.76. The summed E-state index contributed by atoms with van der Waals surface area (Å²) in [5.41, 5.74) is -1.63. The van der Waals surface area contributed by atoms with Crippen LogP contribution in [-0.2, 0) is 28.7 Å². The fourth-order valence-electron chi connectivity index (χ4n) is 8.73. The number of alkyl halides is 3. The van der Waals surface area contributed by atoms with Crippen LogP contribution in [0.1, 0.15) is 93.8 Å². The lowest BCUT2D eigenvalue weighted by Crippen LogP contribution is -2.57. The number of nitrogens with two attached hydrogens (primary N) is 1. The molecule has 0 radical (unpaired) electrons. The molecule has 1 fully saturated rings. The summed E-state index contributed by atoms with van der Waals surface area (Å²) in [5, 5.41) is 47.3. The number of aliphatic hydroxyl groups is 3. The highest BCUT2D eigenvalue weighted by molar-refractivity contribution is 6.24. The Bertz CT molecular complexity index is 1560. The number of primary amides is 1. The number of phenolic OH excluding ortho intramolecular Hbond substituents is 1. The van der Waals surface area contributed by atoms with Gasteiger partial charge in [0, 0.05) is 30.5 Å². The van der Waals surface area contributed by atoms with Gasteiger partial charge in [-0.1, -0.05) is 41.0 Å². The summed E-state index contributed by atoms with van der Waals surface area (Å²) in [6.07, 6.45) is -3.51. The van der Waals surface area contributed by atoms with Crippen LogP contribution in [0.2, 0.25) is 0 Å². The zero-order chi connectivity index (χ0) is 33.6. The molecule has 45 heavy (non-hydrogen) atoms. The molecule has 12 heteroatoms. The molecule has 4 aliphatic rings. The van der Waals surface area contributed by atoms with Crippen molar-refractivity contribution in [2.75, 3.05) is 0 Å². The van der Waals surface area contributed by atoms with E-state index in [-0.39, 0.29) is 35.4 Å². The third-order valence-electron chi connectivity index (χ3n) is 11.8. The predicted molar refractivity (Wildman–Crippen MR) is 157 cm³/mol. The summed E-state index contributed by atoms with van der Waals surface area (Å²) in [6.45, 7) is 10.5. The number of allylic oxidation sites excluding steroid dienone is 2. The van der Waals surface area contributed by atoms with Gasteiger partial charge in [-0.3, -0.25) is 14.4 Å². The van der Waals surface area contributed by atoms with Gasteiger partial charge in [0.15, 0.2) is 11.4 Å². The molecule has 0 aliphatic heterocycles. The summed E-state index contributed by atoms with van der Waals surface area (Å²) in [7, 11) is 0. The van der Waals surface area contributed by atoms with Crippen LogP contribution in [0.15, 0.2) is 28.7 Å². The molecule has 7 N–H and O–H groups in total. The number of rotatable bonds is 6. The zero-order valence-electron chi connectivity index (χ0n) is 26.1. The van der Waals surface area contributed by atoms with Crippen molar-refractivity contribution in [1.29, 1.82) is 0 Å². The smallest absolute Gasteiger partial charge is 0.417 e. The van der Waals surface area contributed by atoms with Gasteiger partial charge < -0.3 is 31.5 Å². The number of hydrogen-bond donors (Lipinski definition) is 6. The maximum absolute atomic E-state index is 14.9. The molecule has 4 aliphatic carbocycles. The normalized spacial score (nSPS) is 32.8. The van der Waals surface area contributed by atoms with E-state index in [1.807, 2.05) is 0 Å². The average Bonchev–Trinajstić information content (AvgIpc) is 3.07. The molecule has 1 aromatic rings. The van der Waals surface area contributed by atoms with Crippen molar-refractivity contribution in [1.82, 2.24) is 5.32 Å². The fraction of sp³-hybridized carbons (Fsp3) is 0.606. The Morgan fingerprint density at radius 1 is 1.11 bits per heavy atom. The first-order chi connectivity index (χ1) is 20.7. The highest BCUT2D eigenvalue weighted by Gasteiger charge is 2.60. The number of ketones is 2. The van der Waals surface area contributed by atoms with E-state index < -0.39 is 99.0 Å². The van der Waals surface area contributed by atoms with Gasteiger partial charge >= 0.3 is 6.18 Å². The second-order valence-electron chi connectivity index (χ2n) is 14.2. The first-order valence-corrected chi connectivity index (χ1v) is 15.4. The van der Waals surface area contributed by atoms with Crippen molar-refractivity contribution < 1.29 is 48.0 Å². The van der Waals surface area contributed by atoms with Gasteiger partial charge in [-0.05, 0) is 65.5 Å². The standard InChI is InChI=1S/C33H41F3N2O7/c1-6-7-31(5)21(8-14(2)30(31,3)4)38-13-16-11-19(39)23-18(25(16)33(34,35)36)10-15-9-17-12-20(40)24(29(37)44)28(43)32(17,45)27(42)22(15)26(23)41/h11,14-15,17,21,38-40,42,45H,6-10,12-13H2,1-5H3,(H2,37,44)/t14?,15?,17-,21-,31?,32-/m0/s1. The van der Waals surface area contributed by atoms with Crippen LogP contribution in [0.3, 0.4) is 0 Å². The second-order valence-corrected chi connectivity index (χ2v) is 14.2. The second kappa shape index (κ2) is 10.6. The Hall–Kier alpha value is -3.38. The van der Waals surface area contributed by atoms with Crippen molar-refractivity contribution in [2.24, 2.45) is 34.3 Å². The van der Waals surface area contributed by atoms with Gasteiger partial charge in [-0.25, -0.2) is 0 Å². The first kappa shape index (κ1) is 33.0. The van der Waals surface area contributed by atoms with E-state index >= 15 is 0 Å². The van der Waals surface area contributed by atoms with Gasteiger partial charge in [0.25, 0.3) is 5.91 Å². The number of carbonyl (C=O) groups excluding carboxylic acids is 3. The van der Waals surface area contributed by atoms with E-state index in [1.165, 1.54) is 0 Å². The van der Waals surface area contributed by atoms with Crippen molar-refractivity contribution in [3.63, 3.8) is 0 Å². The molecular weight excluding hydrogens is 593 g/mol. The highest BCUT2D eigenvalue weighted by atomic mass is 19.4. The summed E-state index contributed by atoms with van der Waals surface area (Å²) in [5.74, 6) is -8.42. The molecule has 0 aromatic heterocycles. The zero-order valence-corrected chi connectivity index (χ0v) is 26.1. The number of phenols is 1.